The fourth-order valence-electron chi connectivity index (χ4n) is 2.17. The summed E-state index contributed by atoms with van der Waals surface area (Å²) in [6, 6.07) is 5.16. The molecule has 0 fully saturated rings. The molecule has 1 aromatic rings. The van der Waals surface area contributed by atoms with Crippen molar-refractivity contribution in [3.8, 4) is 11.5 Å². The molecule has 0 aromatic heterocycles. The highest BCUT2D eigenvalue weighted by Gasteiger charge is 2.11. The largest absolute Gasteiger partial charge is 0.487 e. The van der Waals surface area contributed by atoms with Gasteiger partial charge < -0.3 is 28.6 Å². The predicted molar refractivity (Wildman–Crippen MR) is 97.0 cm³/mol. The second-order valence-corrected chi connectivity index (χ2v) is 5.84. The molecule has 0 atom stereocenters. The number of carbonyl (C=O) groups is 1. The van der Waals surface area contributed by atoms with Gasteiger partial charge in [-0.3, -0.25) is 4.79 Å². The van der Waals surface area contributed by atoms with E-state index in [1.165, 1.54) is 6.08 Å². The minimum absolute atomic E-state index is 0.0993. The molecule has 0 bridgehead atoms. The van der Waals surface area contributed by atoms with E-state index in [4.69, 9.17) is 23.7 Å². The Bertz CT molecular complexity index is 587. The first-order chi connectivity index (χ1) is 12.7. The van der Waals surface area contributed by atoms with Crippen LogP contribution in [0.4, 0.5) is 0 Å². The van der Waals surface area contributed by atoms with Crippen molar-refractivity contribution in [2.45, 2.75) is 0 Å². The SMILES string of the molecule is CN(C)/C=C/C(=O)c1ccc2c(c1)OCCOCCOCCOCCO2. The highest BCUT2D eigenvalue weighted by atomic mass is 16.6. The molecule has 0 aliphatic carbocycles. The maximum Gasteiger partial charge on any atom is 0.187 e. The fourth-order valence-corrected chi connectivity index (χ4v) is 2.17. The van der Waals surface area contributed by atoms with Gasteiger partial charge in [0.2, 0.25) is 0 Å². The first kappa shape index (κ1) is 20.2. The minimum Gasteiger partial charge on any atom is -0.487 e. The predicted octanol–water partition coefficient (Wildman–Crippen LogP) is 1.77. The van der Waals surface area contributed by atoms with E-state index in [0.717, 1.165) is 0 Å². The summed E-state index contributed by atoms with van der Waals surface area (Å²) in [5, 5.41) is 0. The molecule has 1 aliphatic rings. The van der Waals surface area contributed by atoms with Crippen molar-refractivity contribution in [1.82, 2.24) is 4.90 Å². The second kappa shape index (κ2) is 11.5. The zero-order valence-corrected chi connectivity index (χ0v) is 15.4. The molecule has 0 radical (unpaired) electrons. The normalized spacial score (nSPS) is 17.3. The summed E-state index contributed by atoms with van der Waals surface area (Å²) < 4.78 is 27.8. The summed E-state index contributed by atoms with van der Waals surface area (Å²) in [5.41, 5.74) is 0.536. The maximum absolute atomic E-state index is 12.3. The molecule has 0 saturated carbocycles. The summed E-state index contributed by atoms with van der Waals surface area (Å²) in [5.74, 6) is 0.995. The van der Waals surface area contributed by atoms with E-state index in [1.54, 1.807) is 29.3 Å². The van der Waals surface area contributed by atoms with Crippen molar-refractivity contribution in [1.29, 1.82) is 0 Å². The molecular weight excluding hydrogens is 338 g/mol. The third-order valence-electron chi connectivity index (χ3n) is 3.47. The van der Waals surface area contributed by atoms with Gasteiger partial charge in [-0.25, -0.2) is 0 Å². The van der Waals surface area contributed by atoms with E-state index >= 15 is 0 Å². The Hall–Kier alpha value is -2.09. The van der Waals surface area contributed by atoms with Gasteiger partial charge in [-0.15, -0.1) is 0 Å². The third-order valence-corrected chi connectivity index (χ3v) is 3.47. The van der Waals surface area contributed by atoms with Crippen LogP contribution in [0, 0.1) is 0 Å². The number of carbonyl (C=O) groups excluding carboxylic acids is 1. The highest BCUT2D eigenvalue weighted by Crippen LogP contribution is 2.29. The van der Waals surface area contributed by atoms with Crippen LogP contribution in [0.1, 0.15) is 10.4 Å². The van der Waals surface area contributed by atoms with E-state index in [2.05, 4.69) is 0 Å². The summed E-state index contributed by atoms with van der Waals surface area (Å²) in [6.45, 7) is 3.69. The van der Waals surface area contributed by atoms with Crippen molar-refractivity contribution in [2.75, 3.05) is 67.0 Å². The van der Waals surface area contributed by atoms with Crippen molar-refractivity contribution in [2.24, 2.45) is 0 Å². The number of nitrogens with zero attached hydrogens (tertiary/aromatic N) is 1. The smallest absolute Gasteiger partial charge is 0.187 e. The number of ether oxygens (including phenoxy) is 5. The molecule has 0 amide bonds. The minimum atomic E-state index is -0.0993. The molecule has 0 saturated heterocycles. The van der Waals surface area contributed by atoms with Crippen molar-refractivity contribution in [3.05, 3.63) is 36.0 Å². The molecular formula is C19H27NO6. The molecule has 7 nitrogen and oxygen atoms in total. The van der Waals surface area contributed by atoms with Crippen LogP contribution in [-0.2, 0) is 14.2 Å². The number of rotatable bonds is 3. The molecule has 2 rings (SSSR count). The third kappa shape index (κ3) is 7.43. The topological polar surface area (TPSA) is 66.5 Å². The van der Waals surface area contributed by atoms with Crippen molar-refractivity contribution < 1.29 is 28.5 Å². The number of benzene rings is 1. The van der Waals surface area contributed by atoms with Crippen LogP contribution in [0.15, 0.2) is 30.5 Å². The first-order valence-corrected chi connectivity index (χ1v) is 8.68. The lowest BCUT2D eigenvalue weighted by atomic mass is 10.1. The van der Waals surface area contributed by atoms with Gasteiger partial charge in [0.05, 0.1) is 39.6 Å². The van der Waals surface area contributed by atoms with Gasteiger partial charge in [0.15, 0.2) is 17.3 Å². The van der Waals surface area contributed by atoms with Gasteiger partial charge >= 0.3 is 0 Å². The Morgan fingerprint density at radius 2 is 1.38 bits per heavy atom. The molecule has 0 spiro atoms. The van der Waals surface area contributed by atoms with Gasteiger partial charge in [-0.05, 0) is 18.2 Å². The Labute approximate surface area is 154 Å². The van der Waals surface area contributed by atoms with Gasteiger partial charge in [-0.2, -0.15) is 0 Å². The lowest BCUT2D eigenvalue weighted by Gasteiger charge is -2.14. The van der Waals surface area contributed by atoms with E-state index in [0.29, 0.717) is 69.9 Å². The molecule has 7 heteroatoms. The van der Waals surface area contributed by atoms with E-state index in [1.807, 2.05) is 14.1 Å². The van der Waals surface area contributed by atoms with Gasteiger partial charge in [0.1, 0.15) is 13.2 Å². The van der Waals surface area contributed by atoms with E-state index < -0.39 is 0 Å². The number of hydrogen-bond acceptors (Lipinski definition) is 7. The van der Waals surface area contributed by atoms with Crippen LogP contribution in [0.25, 0.3) is 0 Å². The summed E-state index contributed by atoms with van der Waals surface area (Å²) >= 11 is 0. The quantitative estimate of drug-likeness (QED) is 0.597. The van der Waals surface area contributed by atoms with Crippen molar-refractivity contribution in [3.63, 3.8) is 0 Å². The van der Waals surface area contributed by atoms with E-state index in [-0.39, 0.29) is 5.78 Å². The van der Waals surface area contributed by atoms with Crippen LogP contribution in [0.3, 0.4) is 0 Å². The Morgan fingerprint density at radius 1 is 0.846 bits per heavy atom. The zero-order chi connectivity index (χ0) is 18.6. The molecule has 144 valence electrons. The standard InChI is InChI=1S/C19H27NO6/c1-20(2)6-5-17(21)16-3-4-18-19(15-16)26-14-12-24-10-8-22-7-9-23-11-13-25-18/h3-6,15H,7-14H2,1-2H3/b6-5+. The van der Waals surface area contributed by atoms with Gasteiger partial charge in [0.25, 0.3) is 0 Å². The summed E-state index contributed by atoms with van der Waals surface area (Å²) in [4.78, 5) is 14.1. The highest BCUT2D eigenvalue weighted by molar-refractivity contribution is 6.04. The average molecular weight is 365 g/mol. The lowest BCUT2D eigenvalue weighted by Crippen LogP contribution is -2.13. The molecule has 1 heterocycles. The lowest BCUT2D eigenvalue weighted by molar-refractivity contribution is 0.00708. The number of hydrogen-bond donors (Lipinski definition) is 0. The van der Waals surface area contributed by atoms with Gasteiger partial charge in [-0.1, -0.05) is 0 Å². The number of allylic oxidation sites excluding steroid dienone is 1. The first-order valence-electron chi connectivity index (χ1n) is 8.68. The Morgan fingerprint density at radius 3 is 1.96 bits per heavy atom. The number of ketones is 1. The average Bonchev–Trinajstić information content (AvgIpc) is 2.64. The van der Waals surface area contributed by atoms with Crippen LogP contribution >= 0.6 is 0 Å². The van der Waals surface area contributed by atoms with Gasteiger partial charge in [0, 0.05) is 31.9 Å². The Kier molecular flexibility index (Phi) is 8.95. The molecule has 0 unspecified atom stereocenters. The van der Waals surface area contributed by atoms with Crippen LogP contribution < -0.4 is 9.47 Å². The zero-order valence-electron chi connectivity index (χ0n) is 15.4. The van der Waals surface area contributed by atoms with Crippen LogP contribution in [0.5, 0.6) is 11.5 Å². The summed E-state index contributed by atoms with van der Waals surface area (Å²) in [7, 11) is 3.72. The fraction of sp³-hybridized carbons (Fsp3) is 0.526. The monoisotopic (exact) mass is 365 g/mol. The molecule has 1 aliphatic heterocycles. The number of fused-ring (bicyclic) bond motifs is 1. The maximum atomic E-state index is 12.3. The van der Waals surface area contributed by atoms with E-state index in [9.17, 15) is 4.79 Å². The molecule has 1 aromatic carbocycles. The molecule has 26 heavy (non-hydrogen) atoms. The van der Waals surface area contributed by atoms with Crippen LogP contribution in [-0.4, -0.2) is 77.6 Å². The van der Waals surface area contributed by atoms with Crippen LogP contribution in [0.2, 0.25) is 0 Å². The van der Waals surface area contributed by atoms with Crippen molar-refractivity contribution >= 4 is 5.78 Å². The molecule has 0 N–H and O–H groups in total. The summed E-state index contributed by atoms with van der Waals surface area (Å²) in [6.07, 6.45) is 3.23. The Balaban J connectivity index is 2.07. The second-order valence-electron chi connectivity index (χ2n) is 5.84.